The van der Waals surface area contributed by atoms with Gasteiger partial charge in [0.15, 0.2) is 10.8 Å². The van der Waals surface area contributed by atoms with Crippen molar-refractivity contribution in [1.29, 1.82) is 0 Å². The van der Waals surface area contributed by atoms with Crippen molar-refractivity contribution in [3.8, 4) is 5.75 Å². The number of nitrogens with zero attached hydrogens (tertiary/aromatic N) is 4. The molecule has 1 unspecified atom stereocenters. The lowest BCUT2D eigenvalue weighted by molar-refractivity contribution is -0.131. The summed E-state index contributed by atoms with van der Waals surface area (Å²) >= 11 is 1.48. The van der Waals surface area contributed by atoms with E-state index in [1.54, 1.807) is 7.11 Å². The van der Waals surface area contributed by atoms with Crippen LogP contribution >= 0.6 is 11.8 Å². The van der Waals surface area contributed by atoms with Gasteiger partial charge in [-0.05, 0) is 69.2 Å². The third-order valence-electron chi connectivity index (χ3n) is 6.17. The van der Waals surface area contributed by atoms with Crippen LogP contribution in [-0.2, 0) is 4.79 Å². The summed E-state index contributed by atoms with van der Waals surface area (Å²) in [7, 11) is 1.67. The van der Waals surface area contributed by atoms with E-state index in [0.29, 0.717) is 23.8 Å². The number of ether oxygens (including phenoxy) is 1. The van der Waals surface area contributed by atoms with Crippen molar-refractivity contribution in [3.05, 3.63) is 29.8 Å². The van der Waals surface area contributed by atoms with Gasteiger partial charge in [-0.3, -0.25) is 9.20 Å². The molecule has 0 saturated heterocycles. The lowest BCUT2D eigenvalue weighted by Crippen LogP contribution is -2.42. The second-order valence-electron chi connectivity index (χ2n) is 8.29. The van der Waals surface area contributed by atoms with Gasteiger partial charge in [-0.15, -0.1) is 10.2 Å². The Labute approximate surface area is 174 Å². The first-order valence-electron chi connectivity index (χ1n) is 10.3. The second-order valence-corrected chi connectivity index (χ2v) is 9.23. The van der Waals surface area contributed by atoms with Gasteiger partial charge in [0.05, 0.1) is 18.4 Å². The molecule has 2 aromatic heterocycles. The molecule has 3 aromatic rings. The molecule has 0 radical (unpaired) electrons. The molecular weight excluding hydrogens is 384 g/mol. The van der Waals surface area contributed by atoms with E-state index in [9.17, 15) is 4.79 Å². The molecule has 29 heavy (non-hydrogen) atoms. The van der Waals surface area contributed by atoms with Crippen LogP contribution in [0.2, 0.25) is 0 Å². The Bertz CT molecular complexity index is 1090. The molecule has 2 aliphatic rings. The molecule has 1 atom stereocenters. The first-order chi connectivity index (χ1) is 14.1. The van der Waals surface area contributed by atoms with Crippen LogP contribution in [0.4, 0.5) is 0 Å². The van der Waals surface area contributed by atoms with Crippen LogP contribution in [0.1, 0.15) is 38.2 Å². The highest BCUT2D eigenvalue weighted by atomic mass is 32.2. The average molecular weight is 411 g/mol. The molecule has 152 valence electrons. The van der Waals surface area contributed by atoms with Crippen LogP contribution < -0.4 is 4.74 Å². The number of carbonyl (C=O) groups excluding carboxylic acids is 1. The van der Waals surface area contributed by atoms with Crippen molar-refractivity contribution in [1.82, 2.24) is 19.5 Å². The Morgan fingerprint density at radius 2 is 2.07 bits per heavy atom. The number of amides is 1. The Morgan fingerprint density at radius 1 is 1.28 bits per heavy atom. The molecule has 2 fully saturated rings. The van der Waals surface area contributed by atoms with Gasteiger partial charge in [-0.1, -0.05) is 11.8 Å². The molecule has 2 saturated carbocycles. The molecule has 1 amide bonds. The number of hydrogen-bond acceptors (Lipinski definition) is 5. The number of methoxy groups -OCH3 is 1. The predicted octanol–water partition coefficient (Wildman–Crippen LogP) is 4.08. The monoisotopic (exact) mass is 410 g/mol. The number of aryl methyl sites for hydroxylation is 1. The maximum Gasteiger partial charge on any atom is 0.233 e. The highest BCUT2D eigenvalue weighted by molar-refractivity contribution is 7.99. The Morgan fingerprint density at radius 3 is 2.76 bits per heavy atom. The second kappa shape index (κ2) is 7.20. The highest BCUT2D eigenvalue weighted by Crippen LogP contribution is 2.40. The number of carbonyl (C=O) groups is 1. The van der Waals surface area contributed by atoms with Gasteiger partial charge in [0, 0.05) is 23.5 Å². The fourth-order valence-electron chi connectivity index (χ4n) is 4.25. The summed E-state index contributed by atoms with van der Waals surface area (Å²) in [6, 6.07) is 8.89. The molecule has 1 aromatic carbocycles. The number of benzene rings is 1. The Kier molecular flexibility index (Phi) is 4.65. The van der Waals surface area contributed by atoms with Gasteiger partial charge in [-0.25, -0.2) is 0 Å². The van der Waals surface area contributed by atoms with Crippen LogP contribution in [-0.4, -0.2) is 50.4 Å². The van der Waals surface area contributed by atoms with E-state index >= 15 is 0 Å². The van der Waals surface area contributed by atoms with E-state index < -0.39 is 0 Å². The molecule has 7 heteroatoms. The number of aromatic nitrogens is 3. The van der Waals surface area contributed by atoms with Gasteiger partial charge >= 0.3 is 0 Å². The summed E-state index contributed by atoms with van der Waals surface area (Å²) in [5.41, 5.74) is 2.95. The number of pyridine rings is 1. The van der Waals surface area contributed by atoms with E-state index in [4.69, 9.17) is 4.74 Å². The average Bonchev–Trinajstić information content (AvgIpc) is 3.64. The number of hydrogen-bond donors (Lipinski definition) is 0. The van der Waals surface area contributed by atoms with Crippen LogP contribution in [0.15, 0.2) is 29.4 Å². The summed E-state index contributed by atoms with van der Waals surface area (Å²) in [6.45, 7) is 4.29. The summed E-state index contributed by atoms with van der Waals surface area (Å²) in [6.07, 6.45) is 4.80. The zero-order valence-corrected chi connectivity index (χ0v) is 17.9. The fraction of sp³-hybridized carbons (Fsp3) is 0.500. The topological polar surface area (TPSA) is 59.7 Å². The molecule has 5 rings (SSSR count). The number of thioether (sulfide) groups is 1. The molecule has 0 bridgehead atoms. The van der Waals surface area contributed by atoms with Gasteiger partial charge < -0.3 is 9.64 Å². The van der Waals surface area contributed by atoms with E-state index in [1.165, 1.54) is 24.6 Å². The zero-order valence-electron chi connectivity index (χ0n) is 17.1. The molecule has 2 heterocycles. The Balaban J connectivity index is 1.44. The summed E-state index contributed by atoms with van der Waals surface area (Å²) in [5, 5.41) is 10.6. The van der Waals surface area contributed by atoms with E-state index in [-0.39, 0.29) is 5.91 Å². The fourth-order valence-corrected chi connectivity index (χ4v) is 5.07. The van der Waals surface area contributed by atoms with Gasteiger partial charge in [0.25, 0.3) is 0 Å². The third-order valence-corrected chi connectivity index (χ3v) is 7.08. The van der Waals surface area contributed by atoms with Gasteiger partial charge in [-0.2, -0.15) is 0 Å². The maximum absolute atomic E-state index is 13.1. The van der Waals surface area contributed by atoms with Crippen LogP contribution in [0, 0.1) is 12.8 Å². The van der Waals surface area contributed by atoms with Crippen molar-refractivity contribution < 1.29 is 9.53 Å². The van der Waals surface area contributed by atoms with E-state index in [1.807, 2.05) is 22.6 Å². The van der Waals surface area contributed by atoms with Crippen molar-refractivity contribution in [2.24, 2.45) is 5.92 Å². The van der Waals surface area contributed by atoms with Crippen molar-refractivity contribution in [2.45, 2.75) is 56.8 Å². The quantitative estimate of drug-likeness (QED) is 0.549. The number of rotatable bonds is 7. The van der Waals surface area contributed by atoms with E-state index in [0.717, 1.165) is 45.9 Å². The predicted molar refractivity (Wildman–Crippen MR) is 115 cm³/mol. The molecule has 0 N–H and O–H groups in total. The van der Waals surface area contributed by atoms with Crippen LogP contribution in [0.25, 0.3) is 16.6 Å². The van der Waals surface area contributed by atoms with Crippen molar-refractivity contribution in [3.63, 3.8) is 0 Å². The van der Waals surface area contributed by atoms with Crippen LogP contribution in [0.5, 0.6) is 5.75 Å². The summed E-state index contributed by atoms with van der Waals surface area (Å²) < 4.78 is 7.46. The minimum Gasteiger partial charge on any atom is -0.497 e. The lowest BCUT2D eigenvalue weighted by atomic mass is 10.1. The first kappa shape index (κ1) is 18.7. The highest BCUT2D eigenvalue weighted by Gasteiger charge is 2.41. The molecular formula is C22H26N4O2S. The first-order valence-corrected chi connectivity index (χ1v) is 11.3. The zero-order chi connectivity index (χ0) is 20.1. The van der Waals surface area contributed by atoms with Crippen molar-refractivity contribution in [2.75, 3.05) is 12.9 Å². The van der Waals surface area contributed by atoms with Gasteiger partial charge in [0.1, 0.15) is 5.75 Å². The SMILES string of the molecule is COc1ccc2c(C)cc3nnc(SCC(=O)N(C4CC4)C(C)C4CC4)n3c2c1. The maximum atomic E-state index is 13.1. The molecule has 6 nitrogen and oxygen atoms in total. The minimum absolute atomic E-state index is 0.225. The smallest absolute Gasteiger partial charge is 0.233 e. The largest absolute Gasteiger partial charge is 0.497 e. The normalized spacial score (nSPS) is 17.6. The third kappa shape index (κ3) is 3.45. The Hall–Kier alpha value is -2.28. The van der Waals surface area contributed by atoms with Gasteiger partial charge in [0.2, 0.25) is 5.91 Å². The standard InChI is InChI=1S/C22H26N4O2S/c1-13-10-20-23-24-22(26(20)19-11-17(28-3)8-9-18(13)19)29-12-21(27)25(16-6-7-16)14(2)15-4-5-15/h8-11,14-16H,4-7,12H2,1-3H3. The van der Waals surface area contributed by atoms with E-state index in [2.05, 4.69) is 35.0 Å². The number of fused-ring (bicyclic) bond motifs is 3. The minimum atomic E-state index is 0.225. The summed E-state index contributed by atoms with van der Waals surface area (Å²) in [4.78, 5) is 15.2. The van der Waals surface area contributed by atoms with Crippen molar-refractivity contribution >= 4 is 34.2 Å². The van der Waals surface area contributed by atoms with Crippen LogP contribution in [0.3, 0.4) is 0 Å². The molecule has 0 spiro atoms. The summed E-state index contributed by atoms with van der Waals surface area (Å²) in [5.74, 6) is 2.11. The lowest BCUT2D eigenvalue weighted by Gasteiger charge is -2.29. The molecule has 0 aliphatic heterocycles. The molecule has 2 aliphatic carbocycles.